The van der Waals surface area contributed by atoms with Crippen LogP contribution in [-0.2, 0) is 11.3 Å². The molecule has 3 rings (SSSR count). The number of hydrogen-bond acceptors (Lipinski definition) is 4. The first kappa shape index (κ1) is 20.8. The van der Waals surface area contributed by atoms with Gasteiger partial charge in [0.25, 0.3) is 5.91 Å². The van der Waals surface area contributed by atoms with Gasteiger partial charge in [0.1, 0.15) is 11.5 Å². The van der Waals surface area contributed by atoms with Crippen LogP contribution in [0.5, 0.6) is 11.5 Å². The fourth-order valence-corrected chi connectivity index (χ4v) is 3.74. The van der Waals surface area contributed by atoms with Gasteiger partial charge in [0.15, 0.2) is 0 Å². The van der Waals surface area contributed by atoms with Gasteiger partial charge in [-0.2, -0.15) is 0 Å². The Morgan fingerprint density at radius 2 is 2.10 bits per heavy atom. The predicted molar refractivity (Wildman–Crippen MR) is 110 cm³/mol. The zero-order valence-electron chi connectivity index (χ0n) is 17.1. The number of likely N-dealkylation sites (tertiary alicyclic amines) is 1. The number of ether oxygens (including phenoxy) is 2. The molecule has 1 atom stereocenters. The lowest BCUT2D eigenvalue weighted by Crippen LogP contribution is -2.40. The summed E-state index contributed by atoms with van der Waals surface area (Å²) >= 11 is 0. The molecule has 0 radical (unpaired) electrons. The number of piperidine rings is 1. The molecule has 1 aromatic carbocycles. The number of aromatic nitrogens is 1. The molecule has 0 bridgehead atoms. The van der Waals surface area contributed by atoms with Crippen LogP contribution < -0.4 is 14.8 Å². The molecule has 7 nitrogen and oxygen atoms in total. The molecule has 1 saturated heterocycles. The van der Waals surface area contributed by atoms with E-state index in [9.17, 15) is 9.59 Å². The lowest BCUT2D eigenvalue weighted by Gasteiger charge is -2.32. The Morgan fingerprint density at radius 3 is 2.83 bits per heavy atom. The van der Waals surface area contributed by atoms with E-state index in [2.05, 4.69) is 10.3 Å². The lowest BCUT2D eigenvalue weighted by molar-refractivity contribution is -0.121. The molecule has 1 aliphatic heterocycles. The van der Waals surface area contributed by atoms with Crippen LogP contribution in [0.4, 0.5) is 0 Å². The third kappa shape index (κ3) is 5.53. The van der Waals surface area contributed by atoms with Crippen LogP contribution >= 0.6 is 0 Å². The van der Waals surface area contributed by atoms with Crippen molar-refractivity contribution < 1.29 is 19.1 Å². The zero-order valence-corrected chi connectivity index (χ0v) is 17.1. The number of carbonyl (C=O) groups excluding carboxylic acids is 2. The van der Waals surface area contributed by atoms with E-state index in [1.54, 1.807) is 38.7 Å². The highest BCUT2D eigenvalue weighted by Gasteiger charge is 2.25. The summed E-state index contributed by atoms with van der Waals surface area (Å²) in [7, 11) is 3.21. The third-order valence-electron chi connectivity index (χ3n) is 5.40. The van der Waals surface area contributed by atoms with E-state index in [1.807, 2.05) is 17.0 Å². The summed E-state index contributed by atoms with van der Waals surface area (Å²) in [6.45, 7) is 1.91. The quantitative estimate of drug-likeness (QED) is 0.715. The monoisotopic (exact) mass is 399 g/mol. The van der Waals surface area contributed by atoms with Crippen LogP contribution in [0.25, 0.3) is 0 Å². The molecule has 29 heavy (non-hydrogen) atoms. The molecule has 2 heterocycles. The molecule has 1 aliphatic rings. The molecule has 0 spiro atoms. The number of H-pyrrole nitrogens is 1. The maximum Gasteiger partial charge on any atom is 0.255 e. The largest absolute Gasteiger partial charge is 0.497 e. The van der Waals surface area contributed by atoms with E-state index < -0.39 is 0 Å². The van der Waals surface area contributed by atoms with E-state index in [0.29, 0.717) is 42.5 Å². The average molecular weight is 399 g/mol. The van der Waals surface area contributed by atoms with E-state index in [0.717, 1.165) is 31.4 Å². The second-order valence-corrected chi connectivity index (χ2v) is 7.35. The Balaban J connectivity index is 1.45. The number of nitrogens with zero attached hydrogens (tertiary/aromatic N) is 1. The fourth-order valence-electron chi connectivity index (χ4n) is 3.74. The minimum absolute atomic E-state index is 0.0111. The molecular formula is C22H29N3O4. The highest BCUT2D eigenvalue weighted by atomic mass is 16.5. The smallest absolute Gasteiger partial charge is 0.255 e. The zero-order chi connectivity index (χ0) is 20.6. The summed E-state index contributed by atoms with van der Waals surface area (Å²) < 4.78 is 10.6. The van der Waals surface area contributed by atoms with Gasteiger partial charge in [-0.05, 0) is 43.4 Å². The number of hydrogen-bond donors (Lipinski definition) is 2. The average Bonchev–Trinajstić information content (AvgIpc) is 3.30. The minimum Gasteiger partial charge on any atom is -0.497 e. The summed E-state index contributed by atoms with van der Waals surface area (Å²) in [5, 5.41) is 2.96. The minimum atomic E-state index is 0.0111. The molecule has 156 valence electrons. The summed E-state index contributed by atoms with van der Waals surface area (Å²) in [5.74, 6) is 1.83. The molecule has 0 unspecified atom stereocenters. The number of aromatic amines is 1. The normalized spacial score (nSPS) is 16.3. The SMILES string of the molecule is COc1ccc(CNC(=O)CC[C@@H]2CCCN(C(=O)c3cc[nH]c3)C2)c(OC)c1. The van der Waals surface area contributed by atoms with Crippen LogP contribution in [-0.4, -0.2) is 49.0 Å². The van der Waals surface area contributed by atoms with E-state index in [4.69, 9.17) is 9.47 Å². The molecule has 7 heteroatoms. The van der Waals surface area contributed by atoms with Gasteiger partial charge in [0.2, 0.25) is 5.91 Å². The van der Waals surface area contributed by atoms with Crippen molar-refractivity contribution in [3.05, 3.63) is 47.8 Å². The number of carbonyl (C=O) groups is 2. The van der Waals surface area contributed by atoms with E-state index in [-0.39, 0.29) is 11.8 Å². The Hall–Kier alpha value is -2.96. The van der Waals surface area contributed by atoms with Crippen LogP contribution in [0.1, 0.15) is 41.6 Å². The highest BCUT2D eigenvalue weighted by molar-refractivity contribution is 5.94. The van der Waals surface area contributed by atoms with Gasteiger partial charge in [-0.3, -0.25) is 9.59 Å². The summed E-state index contributed by atoms with van der Waals surface area (Å²) in [5.41, 5.74) is 1.60. The predicted octanol–water partition coefficient (Wildman–Crippen LogP) is 2.98. The van der Waals surface area contributed by atoms with E-state index in [1.165, 1.54) is 0 Å². The van der Waals surface area contributed by atoms with Crippen molar-refractivity contribution in [1.29, 1.82) is 0 Å². The van der Waals surface area contributed by atoms with Crippen molar-refractivity contribution in [3.8, 4) is 11.5 Å². The number of rotatable bonds is 8. The standard InChI is InChI=1S/C22H29N3O4/c1-28-19-7-6-17(20(12-19)29-2)14-24-21(26)8-5-16-4-3-11-25(15-16)22(27)18-9-10-23-13-18/h6-7,9-10,12-13,16,23H,3-5,8,11,14-15H2,1-2H3,(H,24,26)/t16-/m0/s1. The van der Waals surface area contributed by atoms with Crippen molar-refractivity contribution in [1.82, 2.24) is 15.2 Å². The maximum absolute atomic E-state index is 12.5. The van der Waals surface area contributed by atoms with Crippen molar-refractivity contribution in [2.45, 2.75) is 32.2 Å². The number of benzene rings is 1. The Morgan fingerprint density at radius 1 is 1.24 bits per heavy atom. The second-order valence-electron chi connectivity index (χ2n) is 7.35. The summed E-state index contributed by atoms with van der Waals surface area (Å²) in [6.07, 6.45) is 6.75. The molecule has 2 amide bonds. The molecule has 1 fully saturated rings. The molecule has 2 N–H and O–H groups in total. The van der Waals surface area contributed by atoms with Gasteiger partial charge < -0.3 is 24.7 Å². The van der Waals surface area contributed by atoms with Gasteiger partial charge in [0, 0.05) is 50.1 Å². The molecule has 0 aliphatic carbocycles. The first-order chi connectivity index (χ1) is 14.1. The van der Waals surface area contributed by atoms with E-state index >= 15 is 0 Å². The molecular weight excluding hydrogens is 370 g/mol. The van der Waals surface area contributed by atoms with Gasteiger partial charge in [-0.1, -0.05) is 0 Å². The van der Waals surface area contributed by atoms with Gasteiger partial charge in [0.05, 0.1) is 19.8 Å². The summed E-state index contributed by atoms with van der Waals surface area (Å²) in [6, 6.07) is 7.35. The van der Waals surface area contributed by atoms with Crippen molar-refractivity contribution >= 4 is 11.8 Å². The van der Waals surface area contributed by atoms with Crippen LogP contribution in [0.3, 0.4) is 0 Å². The molecule has 0 saturated carbocycles. The topological polar surface area (TPSA) is 83.7 Å². The fraction of sp³-hybridized carbons (Fsp3) is 0.455. The number of nitrogens with one attached hydrogen (secondary N) is 2. The number of methoxy groups -OCH3 is 2. The third-order valence-corrected chi connectivity index (χ3v) is 5.40. The van der Waals surface area contributed by atoms with Crippen LogP contribution in [0, 0.1) is 5.92 Å². The molecule has 1 aromatic heterocycles. The van der Waals surface area contributed by atoms with Crippen molar-refractivity contribution in [3.63, 3.8) is 0 Å². The first-order valence-electron chi connectivity index (χ1n) is 10.0. The van der Waals surface area contributed by atoms with Gasteiger partial charge >= 0.3 is 0 Å². The Bertz CT molecular complexity index is 819. The first-order valence-corrected chi connectivity index (χ1v) is 10.0. The van der Waals surface area contributed by atoms with Crippen LogP contribution in [0.15, 0.2) is 36.7 Å². The highest BCUT2D eigenvalue weighted by Crippen LogP contribution is 2.25. The maximum atomic E-state index is 12.5. The van der Waals surface area contributed by atoms with Crippen molar-refractivity contribution in [2.24, 2.45) is 5.92 Å². The Kier molecular flexibility index (Phi) is 7.16. The second kappa shape index (κ2) is 10.0. The van der Waals surface area contributed by atoms with Gasteiger partial charge in [-0.25, -0.2) is 0 Å². The Labute approximate surface area is 171 Å². The van der Waals surface area contributed by atoms with Gasteiger partial charge in [-0.15, -0.1) is 0 Å². The van der Waals surface area contributed by atoms with Crippen LogP contribution in [0.2, 0.25) is 0 Å². The molecule has 2 aromatic rings. The summed E-state index contributed by atoms with van der Waals surface area (Å²) in [4.78, 5) is 29.7. The number of amides is 2. The lowest BCUT2D eigenvalue weighted by atomic mass is 9.93. The van der Waals surface area contributed by atoms with Crippen molar-refractivity contribution in [2.75, 3.05) is 27.3 Å².